The maximum atomic E-state index is 13.4. The highest BCUT2D eigenvalue weighted by Crippen LogP contribution is 2.20. The Bertz CT molecular complexity index is 713. The summed E-state index contributed by atoms with van der Waals surface area (Å²) in [6, 6.07) is 3.71. The molecule has 0 bridgehead atoms. The van der Waals surface area contributed by atoms with Crippen LogP contribution in [0.4, 0.5) is 10.1 Å². The molecule has 0 aliphatic heterocycles. The van der Waals surface area contributed by atoms with E-state index in [1.54, 1.807) is 11.3 Å². The normalized spacial score (nSPS) is 11.6. The first-order valence-corrected chi connectivity index (χ1v) is 8.26. The molecule has 0 atom stereocenters. The van der Waals surface area contributed by atoms with E-state index in [-0.39, 0.29) is 0 Å². The molecule has 0 saturated heterocycles. The standard InChI is InChI=1S/C12H14FN3O2S2/c1-2-9-6-16-12(19-9)7-15-8-3-4-10(13)11(5-8)20(14,17)18/h3-6,15H,2,7H2,1H3,(H2,14,17,18). The Hall–Kier alpha value is -1.51. The second-order valence-electron chi connectivity index (χ2n) is 4.12. The van der Waals surface area contributed by atoms with Gasteiger partial charge in [-0.3, -0.25) is 0 Å². The third-order valence-electron chi connectivity index (χ3n) is 2.63. The molecule has 0 fully saturated rings. The molecule has 0 spiro atoms. The van der Waals surface area contributed by atoms with Crippen LogP contribution in [-0.4, -0.2) is 13.4 Å². The Morgan fingerprint density at radius 3 is 2.80 bits per heavy atom. The lowest BCUT2D eigenvalue weighted by Crippen LogP contribution is -2.14. The largest absolute Gasteiger partial charge is 0.378 e. The van der Waals surface area contributed by atoms with Crippen LogP contribution in [0.1, 0.15) is 16.8 Å². The number of nitrogens with zero attached hydrogens (tertiary/aromatic N) is 1. The van der Waals surface area contributed by atoms with E-state index in [9.17, 15) is 12.8 Å². The molecular weight excluding hydrogens is 301 g/mol. The molecule has 0 aliphatic rings. The maximum Gasteiger partial charge on any atom is 0.241 e. The number of nitrogens with one attached hydrogen (secondary N) is 1. The molecule has 0 aliphatic carbocycles. The van der Waals surface area contributed by atoms with Crippen LogP contribution in [0.3, 0.4) is 0 Å². The fourth-order valence-corrected chi connectivity index (χ4v) is 3.04. The van der Waals surface area contributed by atoms with Crippen LogP contribution in [0.5, 0.6) is 0 Å². The molecule has 20 heavy (non-hydrogen) atoms. The monoisotopic (exact) mass is 315 g/mol. The quantitative estimate of drug-likeness (QED) is 0.885. The maximum absolute atomic E-state index is 13.4. The third kappa shape index (κ3) is 3.53. The Balaban J connectivity index is 2.14. The molecule has 2 rings (SSSR count). The summed E-state index contributed by atoms with van der Waals surface area (Å²) in [6.45, 7) is 2.49. The van der Waals surface area contributed by atoms with E-state index in [0.717, 1.165) is 17.5 Å². The van der Waals surface area contributed by atoms with Crippen molar-refractivity contribution in [2.75, 3.05) is 5.32 Å². The van der Waals surface area contributed by atoms with Gasteiger partial charge in [0.25, 0.3) is 0 Å². The summed E-state index contributed by atoms with van der Waals surface area (Å²) in [7, 11) is -4.07. The van der Waals surface area contributed by atoms with Gasteiger partial charge in [-0.05, 0) is 24.6 Å². The molecule has 1 heterocycles. The molecule has 5 nitrogen and oxygen atoms in total. The first kappa shape index (κ1) is 14.9. The Morgan fingerprint density at radius 2 is 2.20 bits per heavy atom. The Kier molecular flexibility index (Phi) is 4.36. The number of thiazole rings is 1. The summed E-state index contributed by atoms with van der Waals surface area (Å²) < 4.78 is 35.8. The number of halogens is 1. The number of benzene rings is 1. The number of aromatic nitrogens is 1. The zero-order valence-corrected chi connectivity index (χ0v) is 12.4. The molecule has 0 saturated carbocycles. The number of rotatable bonds is 5. The minimum absolute atomic E-state index is 0.445. The molecule has 0 radical (unpaired) electrons. The van der Waals surface area contributed by atoms with Crippen molar-refractivity contribution < 1.29 is 12.8 Å². The van der Waals surface area contributed by atoms with Crippen molar-refractivity contribution in [2.45, 2.75) is 24.8 Å². The number of primary sulfonamides is 1. The van der Waals surface area contributed by atoms with E-state index in [0.29, 0.717) is 12.2 Å². The average Bonchev–Trinajstić information content (AvgIpc) is 2.84. The van der Waals surface area contributed by atoms with Crippen molar-refractivity contribution in [1.82, 2.24) is 4.98 Å². The first-order valence-electron chi connectivity index (χ1n) is 5.90. The summed E-state index contributed by atoms with van der Waals surface area (Å²) in [5, 5.41) is 8.83. The van der Waals surface area contributed by atoms with Gasteiger partial charge in [0.2, 0.25) is 10.0 Å². The van der Waals surface area contributed by atoms with Crippen molar-refractivity contribution in [2.24, 2.45) is 5.14 Å². The topological polar surface area (TPSA) is 85.1 Å². The van der Waals surface area contributed by atoms with Crippen molar-refractivity contribution >= 4 is 27.0 Å². The lowest BCUT2D eigenvalue weighted by Gasteiger charge is -2.07. The summed E-state index contributed by atoms with van der Waals surface area (Å²) in [4.78, 5) is 4.88. The van der Waals surface area contributed by atoms with Crippen LogP contribution in [0.25, 0.3) is 0 Å². The fraction of sp³-hybridized carbons (Fsp3) is 0.250. The van der Waals surface area contributed by atoms with Crippen LogP contribution >= 0.6 is 11.3 Å². The number of nitrogens with two attached hydrogens (primary N) is 1. The Morgan fingerprint density at radius 1 is 1.45 bits per heavy atom. The van der Waals surface area contributed by atoms with Gasteiger partial charge >= 0.3 is 0 Å². The minimum atomic E-state index is -4.07. The lowest BCUT2D eigenvalue weighted by atomic mass is 10.3. The van der Waals surface area contributed by atoms with Gasteiger partial charge in [0.05, 0.1) is 6.54 Å². The van der Waals surface area contributed by atoms with Crippen LogP contribution in [-0.2, 0) is 23.0 Å². The number of sulfonamides is 1. The summed E-state index contributed by atoms with van der Waals surface area (Å²) >= 11 is 1.57. The van der Waals surface area contributed by atoms with Gasteiger partial charge in [-0.2, -0.15) is 0 Å². The molecule has 0 amide bonds. The van der Waals surface area contributed by atoms with E-state index in [4.69, 9.17) is 5.14 Å². The predicted molar refractivity (Wildman–Crippen MR) is 76.6 cm³/mol. The Labute approximate surface area is 120 Å². The van der Waals surface area contributed by atoms with Gasteiger partial charge in [-0.25, -0.2) is 22.9 Å². The smallest absolute Gasteiger partial charge is 0.241 e. The lowest BCUT2D eigenvalue weighted by molar-refractivity contribution is 0.568. The highest BCUT2D eigenvalue weighted by molar-refractivity contribution is 7.89. The van der Waals surface area contributed by atoms with Crippen molar-refractivity contribution in [1.29, 1.82) is 0 Å². The molecule has 2 aromatic rings. The molecule has 1 aromatic heterocycles. The van der Waals surface area contributed by atoms with Crippen LogP contribution < -0.4 is 10.5 Å². The fourth-order valence-electron chi connectivity index (χ4n) is 1.60. The van der Waals surface area contributed by atoms with Crippen LogP contribution in [0.2, 0.25) is 0 Å². The molecule has 1 aromatic carbocycles. The van der Waals surface area contributed by atoms with Gasteiger partial charge in [0, 0.05) is 16.8 Å². The summed E-state index contributed by atoms with van der Waals surface area (Å²) in [6.07, 6.45) is 2.73. The molecule has 8 heteroatoms. The second-order valence-corrected chi connectivity index (χ2v) is 6.85. The molecule has 0 unspecified atom stereocenters. The molecule has 108 valence electrons. The molecule has 3 N–H and O–H groups in total. The highest BCUT2D eigenvalue weighted by atomic mass is 32.2. The SMILES string of the molecule is CCc1cnc(CNc2ccc(F)c(S(N)(=O)=O)c2)s1. The number of hydrogen-bond acceptors (Lipinski definition) is 5. The van der Waals surface area contributed by atoms with Crippen molar-refractivity contribution in [3.05, 3.63) is 40.1 Å². The predicted octanol–water partition coefficient (Wildman–Crippen LogP) is 2.10. The van der Waals surface area contributed by atoms with Crippen LogP contribution in [0.15, 0.2) is 29.3 Å². The molecular formula is C12H14FN3O2S2. The van der Waals surface area contributed by atoms with Gasteiger partial charge < -0.3 is 5.32 Å². The van der Waals surface area contributed by atoms with Crippen molar-refractivity contribution in [3.8, 4) is 0 Å². The van der Waals surface area contributed by atoms with Gasteiger partial charge in [0.15, 0.2) is 0 Å². The minimum Gasteiger partial charge on any atom is -0.378 e. The number of aryl methyl sites for hydroxylation is 1. The number of anilines is 1. The summed E-state index contributed by atoms with van der Waals surface area (Å²) in [5.74, 6) is -0.861. The highest BCUT2D eigenvalue weighted by Gasteiger charge is 2.14. The van der Waals surface area contributed by atoms with E-state index in [2.05, 4.69) is 10.3 Å². The van der Waals surface area contributed by atoms with Gasteiger partial charge in [0.1, 0.15) is 15.7 Å². The van der Waals surface area contributed by atoms with E-state index < -0.39 is 20.7 Å². The van der Waals surface area contributed by atoms with Crippen LogP contribution in [0, 0.1) is 5.82 Å². The zero-order chi connectivity index (χ0) is 14.8. The second kappa shape index (κ2) is 5.86. The average molecular weight is 315 g/mol. The van der Waals surface area contributed by atoms with E-state index in [1.807, 2.05) is 13.1 Å². The van der Waals surface area contributed by atoms with E-state index in [1.165, 1.54) is 17.0 Å². The third-order valence-corrected chi connectivity index (χ3v) is 4.70. The van der Waals surface area contributed by atoms with Gasteiger partial charge in [-0.15, -0.1) is 11.3 Å². The first-order chi connectivity index (χ1) is 9.40. The van der Waals surface area contributed by atoms with Gasteiger partial charge in [-0.1, -0.05) is 6.92 Å². The number of hydrogen-bond donors (Lipinski definition) is 2. The summed E-state index contributed by atoms with van der Waals surface area (Å²) in [5.41, 5.74) is 0.476. The van der Waals surface area contributed by atoms with E-state index >= 15 is 0 Å². The van der Waals surface area contributed by atoms with Crippen molar-refractivity contribution in [3.63, 3.8) is 0 Å². The zero-order valence-electron chi connectivity index (χ0n) is 10.8.